The lowest BCUT2D eigenvalue weighted by atomic mass is 10.2. The number of furan rings is 1. The van der Waals surface area contributed by atoms with Crippen LogP contribution in [-0.2, 0) is 19.6 Å². The minimum Gasteiger partial charge on any atom is -0.479 e. The van der Waals surface area contributed by atoms with Crippen molar-refractivity contribution in [2.75, 3.05) is 33.8 Å². The number of carbonyl (C=O) groups excluding carboxylic acids is 1. The summed E-state index contributed by atoms with van der Waals surface area (Å²) >= 11 is 0. The highest BCUT2D eigenvalue weighted by Gasteiger charge is 2.32. The van der Waals surface area contributed by atoms with Gasteiger partial charge in [0, 0.05) is 26.7 Å². The molecule has 1 aromatic rings. The molecule has 1 fully saturated rings. The summed E-state index contributed by atoms with van der Waals surface area (Å²) in [5, 5.41) is 8.95. The van der Waals surface area contributed by atoms with Crippen molar-refractivity contribution in [3.05, 3.63) is 17.6 Å². The molecule has 1 N–H and O–H groups in total. The predicted octanol–water partition coefficient (Wildman–Crippen LogP) is -0.236. The van der Waals surface area contributed by atoms with Crippen molar-refractivity contribution in [2.45, 2.75) is 17.9 Å². The molecule has 1 amide bonds. The third kappa shape index (κ3) is 3.38. The summed E-state index contributed by atoms with van der Waals surface area (Å²) in [5.41, 5.74) is 0. The fraction of sp³-hybridized carbons (Fsp3) is 0.538. The number of carboxylic acid groups (broad SMARTS) is 1. The highest BCUT2D eigenvalue weighted by Crippen LogP contribution is 2.23. The quantitative estimate of drug-likeness (QED) is 0.800. The highest BCUT2D eigenvalue weighted by atomic mass is 32.2. The molecule has 1 saturated heterocycles. The van der Waals surface area contributed by atoms with Crippen LogP contribution in [0.3, 0.4) is 0 Å². The van der Waals surface area contributed by atoms with Gasteiger partial charge in [0.25, 0.3) is 5.91 Å². The van der Waals surface area contributed by atoms with Crippen LogP contribution >= 0.6 is 0 Å². The number of aryl methyl sites for hydroxylation is 1. The van der Waals surface area contributed by atoms with Gasteiger partial charge < -0.3 is 19.2 Å². The van der Waals surface area contributed by atoms with Crippen molar-refractivity contribution >= 4 is 21.9 Å². The number of amides is 1. The number of rotatable bonds is 4. The van der Waals surface area contributed by atoms with Gasteiger partial charge in [-0.15, -0.1) is 0 Å². The van der Waals surface area contributed by atoms with Crippen molar-refractivity contribution in [1.29, 1.82) is 0 Å². The highest BCUT2D eigenvalue weighted by molar-refractivity contribution is 7.89. The fourth-order valence-electron chi connectivity index (χ4n) is 2.16. The number of hydrogen-bond acceptors (Lipinski definition) is 6. The van der Waals surface area contributed by atoms with Gasteiger partial charge in [-0.1, -0.05) is 0 Å². The van der Waals surface area contributed by atoms with Gasteiger partial charge in [-0.3, -0.25) is 4.79 Å². The van der Waals surface area contributed by atoms with Crippen LogP contribution in [0.4, 0.5) is 0 Å². The van der Waals surface area contributed by atoms with Gasteiger partial charge in [-0.2, -0.15) is 0 Å². The molecule has 1 aliphatic rings. The van der Waals surface area contributed by atoms with Gasteiger partial charge in [0.1, 0.15) is 10.7 Å². The Morgan fingerprint density at radius 3 is 2.61 bits per heavy atom. The molecule has 0 saturated carbocycles. The topological polar surface area (TPSA) is 117 Å². The van der Waals surface area contributed by atoms with E-state index in [4.69, 9.17) is 14.3 Å². The first kappa shape index (κ1) is 17.4. The molecule has 2 heterocycles. The van der Waals surface area contributed by atoms with Gasteiger partial charge in [-0.05, 0) is 6.92 Å². The van der Waals surface area contributed by atoms with Crippen LogP contribution in [-0.4, -0.2) is 74.5 Å². The van der Waals surface area contributed by atoms with Crippen LogP contribution in [0.2, 0.25) is 0 Å². The Labute approximate surface area is 133 Å². The zero-order valence-corrected chi connectivity index (χ0v) is 13.8. The number of aliphatic carboxylic acids is 1. The first-order valence-corrected chi connectivity index (χ1v) is 8.25. The first-order valence-electron chi connectivity index (χ1n) is 6.81. The summed E-state index contributed by atoms with van der Waals surface area (Å²) < 4.78 is 35.6. The van der Waals surface area contributed by atoms with Crippen LogP contribution in [0.5, 0.6) is 0 Å². The molecule has 0 radical (unpaired) electrons. The van der Waals surface area contributed by atoms with Gasteiger partial charge in [0.05, 0.1) is 13.2 Å². The van der Waals surface area contributed by atoms with E-state index in [9.17, 15) is 18.0 Å². The molecule has 1 aromatic heterocycles. The molecule has 128 valence electrons. The van der Waals surface area contributed by atoms with Crippen LogP contribution < -0.4 is 0 Å². The summed E-state index contributed by atoms with van der Waals surface area (Å²) in [5.74, 6) is -1.77. The summed E-state index contributed by atoms with van der Waals surface area (Å²) in [6, 6.07) is 1.16. The molecule has 1 atom stereocenters. The maximum Gasteiger partial charge on any atom is 0.334 e. The Hall–Kier alpha value is -1.91. The number of carboxylic acids is 1. The molecule has 0 aliphatic carbocycles. The number of nitrogens with zero attached hydrogens (tertiary/aromatic N) is 2. The van der Waals surface area contributed by atoms with Gasteiger partial charge >= 0.3 is 5.97 Å². The van der Waals surface area contributed by atoms with Crippen molar-refractivity contribution in [3.8, 4) is 0 Å². The van der Waals surface area contributed by atoms with E-state index in [1.165, 1.54) is 25.9 Å². The molecule has 1 aliphatic heterocycles. The number of carbonyl (C=O) groups is 2. The summed E-state index contributed by atoms with van der Waals surface area (Å²) in [4.78, 5) is 24.5. The Morgan fingerprint density at radius 1 is 1.39 bits per heavy atom. The SMILES string of the molecule is Cc1oc(C(=O)N2CCOC(C(=O)O)C2)cc1S(=O)(=O)N(C)C. The number of morpholine rings is 1. The van der Waals surface area contributed by atoms with Gasteiger partial charge in [-0.25, -0.2) is 17.5 Å². The third-order valence-electron chi connectivity index (χ3n) is 3.47. The van der Waals surface area contributed by atoms with Crippen LogP contribution in [0.15, 0.2) is 15.4 Å². The van der Waals surface area contributed by atoms with E-state index in [1.807, 2.05) is 0 Å². The van der Waals surface area contributed by atoms with Crippen LogP contribution in [0.25, 0.3) is 0 Å². The van der Waals surface area contributed by atoms with Crippen molar-refractivity contribution < 1.29 is 32.3 Å². The Balaban J connectivity index is 2.26. The van der Waals surface area contributed by atoms with E-state index < -0.39 is 28.0 Å². The maximum atomic E-state index is 12.4. The standard InChI is InChI=1S/C13H18N2O7S/c1-8-11(23(19,20)14(2)3)6-9(22-8)12(16)15-4-5-21-10(7-15)13(17)18/h6,10H,4-5,7H2,1-3H3,(H,17,18). The van der Waals surface area contributed by atoms with E-state index in [2.05, 4.69) is 0 Å². The van der Waals surface area contributed by atoms with Crippen molar-refractivity contribution in [3.63, 3.8) is 0 Å². The molecule has 2 rings (SSSR count). The molecular formula is C13H18N2O7S. The Morgan fingerprint density at radius 2 is 2.04 bits per heavy atom. The summed E-state index contributed by atoms with van der Waals surface area (Å²) in [7, 11) is -0.970. The number of sulfonamides is 1. The minimum absolute atomic E-state index is 0.0885. The fourth-order valence-corrected chi connectivity index (χ4v) is 3.22. The third-order valence-corrected chi connectivity index (χ3v) is 5.39. The van der Waals surface area contributed by atoms with Crippen LogP contribution in [0, 0.1) is 6.92 Å². The first-order chi connectivity index (χ1) is 10.6. The molecular weight excluding hydrogens is 328 g/mol. The van der Waals surface area contributed by atoms with Gasteiger partial charge in [0.2, 0.25) is 10.0 Å². The zero-order chi connectivity index (χ0) is 17.4. The van der Waals surface area contributed by atoms with E-state index >= 15 is 0 Å². The molecule has 10 heteroatoms. The average molecular weight is 346 g/mol. The zero-order valence-electron chi connectivity index (χ0n) is 13.0. The normalized spacial score (nSPS) is 19.1. The number of hydrogen-bond donors (Lipinski definition) is 1. The average Bonchev–Trinajstić information content (AvgIpc) is 2.89. The van der Waals surface area contributed by atoms with Crippen molar-refractivity contribution in [2.24, 2.45) is 0 Å². The second kappa shape index (κ2) is 6.30. The summed E-state index contributed by atoms with van der Waals surface area (Å²) in [6.45, 7) is 1.62. The molecule has 0 bridgehead atoms. The van der Waals surface area contributed by atoms with Crippen LogP contribution in [0.1, 0.15) is 16.3 Å². The number of ether oxygens (including phenoxy) is 1. The predicted molar refractivity (Wildman–Crippen MR) is 77.6 cm³/mol. The van der Waals surface area contributed by atoms with Crippen molar-refractivity contribution in [1.82, 2.24) is 9.21 Å². The Kier molecular flexibility index (Phi) is 4.78. The molecule has 23 heavy (non-hydrogen) atoms. The molecule has 0 aromatic carbocycles. The summed E-state index contributed by atoms with van der Waals surface area (Å²) in [6.07, 6.45) is -1.10. The monoisotopic (exact) mass is 346 g/mol. The lowest BCUT2D eigenvalue weighted by molar-refractivity contribution is -0.154. The van der Waals surface area contributed by atoms with E-state index in [0.717, 1.165) is 10.4 Å². The second-order valence-corrected chi connectivity index (χ2v) is 7.39. The smallest absolute Gasteiger partial charge is 0.334 e. The maximum absolute atomic E-state index is 12.4. The molecule has 1 unspecified atom stereocenters. The lowest BCUT2D eigenvalue weighted by Gasteiger charge is -2.30. The largest absolute Gasteiger partial charge is 0.479 e. The second-order valence-electron chi connectivity index (χ2n) is 5.27. The van der Waals surface area contributed by atoms with E-state index in [-0.39, 0.29) is 36.1 Å². The Bertz CT molecular complexity index is 723. The lowest BCUT2D eigenvalue weighted by Crippen LogP contribution is -2.48. The minimum atomic E-state index is -3.73. The molecule has 0 spiro atoms. The molecule has 9 nitrogen and oxygen atoms in total. The van der Waals surface area contributed by atoms with Gasteiger partial charge in [0.15, 0.2) is 11.9 Å². The van der Waals surface area contributed by atoms with E-state index in [1.54, 1.807) is 0 Å². The van der Waals surface area contributed by atoms with E-state index in [0.29, 0.717) is 0 Å².